The molecule has 0 fully saturated rings. The average molecular weight is 294 g/mol. The average Bonchev–Trinajstić information content (AvgIpc) is 3.00. The number of aryl methyl sites for hydroxylation is 2. The number of hydrogen-bond donors (Lipinski definition) is 0. The van der Waals surface area contributed by atoms with Gasteiger partial charge in [-0.2, -0.15) is 0 Å². The summed E-state index contributed by atoms with van der Waals surface area (Å²) >= 11 is 5.93. The van der Waals surface area contributed by atoms with E-state index in [9.17, 15) is 4.79 Å². The molecule has 2 aromatic rings. The number of aromatic nitrogens is 4. The fourth-order valence-electron chi connectivity index (χ4n) is 2.55. The molecule has 1 aliphatic rings. The molecule has 3 rings (SSSR count). The Balaban J connectivity index is 1.83. The Hall–Kier alpha value is -1.82. The van der Waals surface area contributed by atoms with Gasteiger partial charge in [-0.25, -0.2) is 0 Å². The maximum absolute atomic E-state index is 12.5. The molecular formula is C13H16ClN5O. The molecule has 106 valence electrons. The summed E-state index contributed by atoms with van der Waals surface area (Å²) in [6.07, 6.45) is 2.59. The normalized spacial score (nSPS) is 14.4. The van der Waals surface area contributed by atoms with Crippen LogP contribution in [0.2, 0.25) is 5.02 Å². The number of fused-ring (bicyclic) bond motifs is 1. The van der Waals surface area contributed by atoms with Crippen LogP contribution in [0.15, 0.2) is 12.3 Å². The second-order valence-corrected chi connectivity index (χ2v) is 5.36. The Bertz CT molecular complexity index is 660. The number of amides is 1. The summed E-state index contributed by atoms with van der Waals surface area (Å²) in [5, 5.41) is 8.89. The lowest BCUT2D eigenvalue weighted by atomic mass is 10.3. The van der Waals surface area contributed by atoms with Gasteiger partial charge in [0.15, 0.2) is 5.82 Å². The van der Waals surface area contributed by atoms with Crippen LogP contribution >= 0.6 is 11.6 Å². The van der Waals surface area contributed by atoms with Gasteiger partial charge >= 0.3 is 0 Å². The molecule has 2 aromatic heterocycles. The molecule has 20 heavy (non-hydrogen) atoms. The van der Waals surface area contributed by atoms with E-state index in [1.54, 1.807) is 21.7 Å². The molecule has 0 radical (unpaired) electrons. The second-order valence-electron chi connectivity index (χ2n) is 4.92. The first-order valence-electron chi connectivity index (χ1n) is 6.62. The third-order valence-electron chi connectivity index (χ3n) is 3.62. The van der Waals surface area contributed by atoms with Crippen molar-refractivity contribution in [2.75, 3.05) is 6.54 Å². The van der Waals surface area contributed by atoms with Crippen LogP contribution in [0, 0.1) is 0 Å². The van der Waals surface area contributed by atoms with E-state index < -0.39 is 0 Å². The highest BCUT2D eigenvalue weighted by Gasteiger charge is 2.26. The number of carbonyl (C=O) groups is 1. The molecule has 0 saturated heterocycles. The first-order valence-corrected chi connectivity index (χ1v) is 7.00. The number of hydrogen-bond acceptors (Lipinski definition) is 3. The van der Waals surface area contributed by atoms with E-state index in [1.165, 1.54) is 0 Å². The van der Waals surface area contributed by atoms with E-state index in [0.717, 1.165) is 24.6 Å². The van der Waals surface area contributed by atoms with Gasteiger partial charge in [0, 0.05) is 32.8 Å². The van der Waals surface area contributed by atoms with Gasteiger partial charge in [-0.1, -0.05) is 18.5 Å². The molecule has 0 bridgehead atoms. The molecule has 0 spiro atoms. The topological polar surface area (TPSA) is 56.0 Å². The van der Waals surface area contributed by atoms with Crippen LogP contribution in [-0.4, -0.2) is 36.7 Å². The molecule has 7 heteroatoms. The molecule has 0 saturated carbocycles. The monoisotopic (exact) mass is 293 g/mol. The highest BCUT2D eigenvalue weighted by Crippen LogP contribution is 2.18. The van der Waals surface area contributed by atoms with Gasteiger partial charge in [0.25, 0.3) is 5.91 Å². The Morgan fingerprint density at radius 3 is 2.85 bits per heavy atom. The molecule has 3 heterocycles. The van der Waals surface area contributed by atoms with Gasteiger partial charge < -0.3 is 14.0 Å². The maximum Gasteiger partial charge on any atom is 0.270 e. The summed E-state index contributed by atoms with van der Waals surface area (Å²) in [5.41, 5.74) is 0.596. The molecule has 1 aliphatic heterocycles. The van der Waals surface area contributed by atoms with Gasteiger partial charge in [0.1, 0.15) is 11.5 Å². The Morgan fingerprint density at radius 1 is 1.40 bits per heavy atom. The fourth-order valence-corrected chi connectivity index (χ4v) is 2.80. The summed E-state index contributed by atoms with van der Waals surface area (Å²) in [6, 6.07) is 1.70. The standard InChI is InChI=1S/C13H16ClN5O/c1-3-11-15-16-12-8-18(4-5-19(11)12)13(20)10-6-9(14)7-17(10)2/h6-7H,3-5,8H2,1-2H3. The van der Waals surface area contributed by atoms with E-state index in [4.69, 9.17) is 11.6 Å². The van der Waals surface area contributed by atoms with Crippen LogP contribution in [0.1, 0.15) is 29.1 Å². The van der Waals surface area contributed by atoms with Crippen LogP contribution in [0.5, 0.6) is 0 Å². The van der Waals surface area contributed by atoms with E-state index in [0.29, 0.717) is 23.8 Å². The van der Waals surface area contributed by atoms with Crippen molar-refractivity contribution in [2.24, 2.45) is 7.05 Å². The van der Waals surface area contributed by atoms with Crippen molar-refractivity contribution in [3.8, 4) is 0 Å². The quantitative estimate of drug-likeness (QED) is 0.843. The minimum atomic E-state index is -0.0216. The Labute approximate surface area is 122 Å². The fraction of sp³-hybridized carbons (Fsp3) is 0.462. The molecule has 0 aliphatic carbocycles. The van der Waals surface area contributed by atoms with Crippen molar-refractivity contribution in [1.29, 1.82) is 0 Å². The zero-order valence-electron chi connectivity index (χ0n) is 11.5. The minimum absolute atomic E-state index is 0.0216. The number of nitrogens with zero attached hydrogens (tertiary/aromatic N) is 5. The summed E-state index contributed by atoms with van der Waals surface area (Å²) in [6.45, 7) is 3.96. The lowest BCUT2D eigenvalue weighted by molar-refractivity contribution is 0.0697. The van der Waals surface area contributed by atoms with Crippen LogP contribution in [0.4, 0.5) is 0 Å². The SMILES string of the molecule is CCc1nnc2n1CCN(C(=O)c1cc(Cl)cn1C)C2. The van der Waals surface area contributed by atoms with Crippen molar-refractivity contribution < 1.29 is 4.79 Å². The molecule has 6 nitrogen and oxygen atoms in total. The van der Waals surface area contributed by atoms with Gasteiger partial charge in [-0.3, -0.25) is 4.79 Å². The van der Waals surface area contributed by atoms with E-state index in [-0.39, 0.29) is 5.91 Å². The van der Waals surface area contributed by atoms with Crippen LogP contribution in [0.25, 0.3) is 0 Å². The zero-order valence-corrected chi connectivity index (χ0v) is 12.3. The molecule has 1 amide bonds. The van der Waals surface area contributed by atoms with E-state index in [1.807, 2.05) is 7.05 Å². The van der Waals surface area contributed by atoms with Crippen LogP contribution in [0.3, 0.4) is 0 Å². The number of carbonyl (C=O) groups excluding carboxylic acids is 1. The van der Waals surface area contributed by atoms with Crippen LogP contribution in [-0.2, 0) is 26.6 Å². The minimum Gasteiger partial charge on any atom is -0.345 e. The van der Waals surface area contributed by atoms with Gasteiger partial charge in [-0.15, -0.1) is 10.2 Å². The molecule has 0 aromatic carbocycles. The van der Waals surface area contributed by atoms with Crippen molar-refractivity contribution in [1.82, 2.24) is 24.2 Å². The zero-order chi connectivity index (χ0) is 14.3. The van der Waals surface area contributed by atoms with Gasteiger partial charge in [0.05, 0.1) is 11.6 Å². The number of halogens is 1. The van der Waals surface area contributed by atoms with Crippen LogP contribution < -0.4 is 0 Å². The predicted molar refractivity (Wildman–Crippen MR) is 74.6 cm³/mol. The molecule has 0 atom stereocenters. The first kappa shape index (κ1) is 13.2. The van der Waals surface area contributed by atoms with E-state index in [2.05, 4.69) is 21.7 Å². The molecule has 0 unspecified atom stereocenters. The highest BCUT2D eigenvalue weighted by atomic mass is 35.5. The highest BCUT2D eigenvalue weighted by molar-refractivity contribution is 6.31. The number of rotatable bonds is 2. The van der Waals surface area contributed by atoms with Crippen molar-refractivity contribution >= 4 is 17.5 Å². The van der Waals surface area contributed by atoms with Crippen molar-refractivity contribution in [3.05, 3.63) is 34.6 Å². The molecule has 0 N–H and O–H groups in total. The largest absolute Gasteiger partial charge is 0.345 e. The van der Waals surface area contributed by atoms with E-state index >= 15 is 0 Å². The lowest BCUT2D eigenvalue weighted by Gasteiger charge is -2.27. The van der Waals surface area contributed by atoms with Gasteiger partial charge in [-0.05, 0) is 6.07 Å². The third kappa shape index (κ3) is 2.10. The second kappa shape index (κ2) is 4.94. The first-order chi connectivity index (χ1) is 9.60. The lowest BCUT2D eigenvalue weighted by Crippen LogP contribution is -2.39. The summed E-state index contributed by atoms with van der Waals surface area (Å²) in [4.78, 5) is 14.3. The maximum atomic E-state index is 12.5. The van der Waals surface area contributed by atoms with Crippen molar-refractivity contribution in [2.45, 2.75) is 26.4 Å². The van der Waals surface area contributed by atoms with Crippen molar-refractivity contribution in [3.63, 3.8) is 0 Å². The Morgan fingerprint density at radius 2 is 2.20 bits per heavy atom. The summed E-state index contributed by atoms with van der Waals surface area (Å²) in [7, 11) is 1.82. The smallest absolute Gasteiger partial charge is 0.270 e. The van der Waals surface area contributed by atoms with Gasteiger partial charge in [0.2, 0.25) is 0 Å². The Kier molecular flexibility index (Phi) is 3.25. The molecular weight excluding hydrogens is 278 g/mol. The summed E-state index contributed by atoms with van der Waals surface area (Å²) in [5.74, 6) is 1.81. The third-order valence-corrected chi connectivity index (χ3v) is 3.83. The summed E-state index contributed by atoms with van der Waals surface area (Å²) < 4.78 is 3.85. The predicted octanol–water partition coefficient (Wildman–Crippen LogP) is 1.49.